The predicted octanol–water partition coefficient (Wildman–Crippen LogP) is 3.27. The molecule has 102 valence electrons. The Labute approximate surface area is 119 Å². The van der Waals surface area contributed by atoms with Crippen molar-refractivity contribution in [1.82, 2.24) is 4.98 Å². The Bertz CT molecular complexity index is 819. The fourth-order valence-corrected chi connectivity index (χ4v) is 2.96. The molecule has 0 atom stereocenters. The van der Waals surface area contributed by atoms with Crippen molar-refractivity contribution in [2.75, 3.05) is 14.2 Å². The molecule has 5 heteroatoms. The SMILES string of the molecule is COc1ccc(-c2cc3sccc3c(=O)[nH]2)cc1OC. The lowest BCUT2D eigenvalue weighted by atomic mass is 10.1. The first-order chi connectivity index (χ1) is 9.72. The third-order valence-electron chi connectivity index (χ3n) is 3.16. The largest absolute Gasteiger partial charge is 0.493 e. The summed E-state index contributed by atoms with van der Waals surface area (Å²) in [5.41, 5.74) is 1.58. The van der Waals surface area contributed by atoms with Gasteiger partial charge in [-0.1, -0.05) is 0 Å². The van der Waals surface area contributed by atoms with E-state index in [0.717, 1.165) is 21.3 Å². The van der Waals surface area contributed by atoms with E-state index in [1.165, 1.54) is 0 Å². The van der Waals surface area contributed by atoms with Crippen LogP contribution in [-0.4, -0.2) is 19.2 Å². The molecule has 0 radical (unpaired) electrons. The summed E-state index contributed by atoms with van der Waals surface area (Å²) >= 11 is 1.55. The molecule has 3 aromatic rings. The molecule has 0 aliphatic rings. The van der Waals surface area contributed by atoms with Gasteiger partial charge in [0, 0.05) is 16.0 Å². The van der Waals surface area contributed by atoms with Gasteiger partial charge in [0.15, 0.2) is 11.5 Å². The number of ether oxygens (including phenoxy) is 2. The lowest BCUT2D eigenvalue weighted by Gasteiger charge is -2.09. The Morgan fingerprint density at radius 1 is 1.05 bits per heavy atom. The maximum atomic E-state index is 12.0. The average molecular weight is 287 g/mol. The van der Waals surface area contributed by atoms with Crippen molar-refractivity contribution in [1.29, 1.82) is 0 Å². The minimum absolute atomic E-state index is 0.0754. The minimum Gasteiger partial charge on any atom is -0.493 e. The maximum absolute atomic E-state index is 12.0. The van der Waals surface area contributed by atoms with E-state index >= 15 is 0 Å². The summed E-state index contributed by atoms with van der Waals surface area (Å²) in [6.07, 6.45) is 0. The van der Waals surface area contributed by atoms with Crippen molar-refractivity contribution < 1.29 is 9.47 Å². The Hall–Kier alpha value is -2.27. The molecule has 0 bridgehead atoms. The Balaban J connectivity index is 2.17. The lowest BCUT2D eigenvalue weighted by Crippen LogP contribution is -2.05. The van der Waals surface area contributed by atoms with E-state index in [9.17, 15) is 4.79 Å². The van der Waals surface area contributed by atoms with E-state index in [-0.39, 0.29) is 5.56 Å². The van der Waals surface area contributed by atoms with Crippen molar-refractivity contribution in [3.63, 3.8) is 0 Å². The molecular weight excluding hydrogens is 274 g/mol. The van der Waals surface area contributed by atoms with E-state index in [0.29, 0.717) is 11.5 Å². The van der Waals surface area contributed by atoms with Crippen LogP contribution in [0.4, 0.5) is 0 Å². The van der Waals surface area contributed by atoms with Crippen LogP contribution < -0.4 is 15.0 Å². The van der Waals surface area contributed by atoms with Crippen LogP contribution in [0.5, 0.6) is 11.5 Å². The van der Waals surface area contributed by atoms with Gasteiger partial charge in [-0.3, -0.25) is 4.79 Å². The fraction of sp³-hybridized carbons (Fsp3) is 0.133. The highest BCUT2D eigenvalue weighted by Gasteiger charge is 2.09. The zero-order chi connectivity index (χ0) is 14.1. The van der Waals surface area contributed by atoms with Crippen LogP contribution in [0.25, 0.3) is 21.3 Å². The quantitative estimate of drug-likeness (QED) is 0.804. The molecule has 2 aromatic heterocycles. The monoisotopic (exact) mass is 287 g/mol. The second-order valence-corrected chi connectivity index (χ2v) is 5.23. The van der Waals surface area contributed by atoms with Gasteiger partial charge >= 0.3 is 0 Å². The molecule has 1 N–H and O–H groups in total. The fourth-order valence-electron chi connectivity index (χ4n) is 2.14. The summed E-state index contributed by atoms with van der Waals surface area (Å²) in [6.45, 7) is 0. The van der Waals surface area contributed by atoms with E-state index in [1.54, 1.807) is 25.6 Å². The van der Waals surface area contributed by atoms with Crippen molar-refractivity contribution in [3.8, 4) is 22.8 Å². The number of fused-ring (bicyclic) bond motifs is 1. The molecule has 0 fully saturated rings. The third kappa shape index (κ3) is 2.06. The number of hydrogen-bond acceptors (Lipinski definition) is 4. The Kier molecular flexibility index (Phi) is 3.20. The summed E-state index contributed by atoms with van der Waals surface area (Å²) in [6, 6.07) is 9.38. The van der Waals surface area contributed by atoms with Gasteiger partial charge < -0.3 is 14.5 Å². The number of rotatable bonds is 3. The normalized spacial score (nSPS) is 10.7. The molecule has 0 amide bonds. The summed E-state index contributed by atoms with van der Waals surface area (Å²) in [4.78, 5) is 14.9. The van der Waals surface area contributed by atoms with Gasteiger partial charge in [-0.15, -0.1) is 11.3 Å². The van der Waals surface area contributed by atoms with Gasteiger partial charge in [0.2, 0.25) is 0 Å². The first-order valence-corrected chi connectivity index (χ1v) is 6.94. The van der Waals surface area contributed by atoms with Crippen LogP contribution in [0.2, 0.25) is 0 Å². The zero-order valence-electron chi connectivity index (χ0n) is 11.1. The van der Waals surface area contributed by atoms with Crippen LogP contribution in [0.1, 0.15) is 0 Å². The number of aromatic nitrogens is 1. The van der Waals surface area contributed by atoms with E-state index in [1.807, 2.05) is 35.7 Å². The van der Waals surface area contributed by atoms with Crippen LogP contribution in [0, 0.1) is 0 Å². The maximum Gasteiger partial charge on any atom is 0.257 e. The summed E-state index contributed by atoms with van der Waals surface area (Å²) in [5, 5.41) is 2.64. The van der Waals surface area contributed by atoms with Gasteiger partial charge in [-0.25, -0.2) is 0 Å². The smallest absolute Gasteiger partial charge is 0.257 e. The standard InChI is InChI=1S/C15H13NO3S/c1-18-12-4-3-9(7-13(12)19-2)11-8-14-10(5-6-20-14)15(17)16-11/h3-8H,1-2H3,(H,16,17). The average Bonchev–Trinajstić information content (AvgIpc) is 2.95. The van der Waals surface area contributed by atoms with Crippen molar-refractivity contribution in [3.05, 3.63) is 46.1 Å². The molecule has 4 nitrogen and oxygen atoms in total. The van der Waals surface area contributed by atoms with Gasteiger partial charge in [0.05, 0.1) is 19.6 Å². The van der Waals surface area contributed by atoms with Crippen LogP contribution in [0.3, 0.4) is 0 Å². The number of hydrogen-bond donors (Lipinski definition) is 1. The van der Waals surface area contributed by atoms with Crippen LogP contribution in [-0.2, 0) is 0 Å². The van der Waals surface area contributed by atoms with E-state index < -0.39 is 0 Å². The number of thiophene rings is 1. The Morgan fingerprint density at radius 3 is 2.60 bits per heavy atom. The summed E-state index contributed by atoms with van der Waals surface area (Å²) < 4.78 is 11.5. The molecule has 3 rings (SSSR count). The lowest BCUT2D eigenvalue weighted by molar-refractivity contribution is 0.355. The second-order valence-electron chi connectivity index (χ2n) is 4.28. The van der Waals surface area contributed by atoms with E-state index in [2.05, 4.69) is 4.98 Å². The number of pyridine rings is 1. The highest BCUT2D eigenvalue weighted by Crippen LogP contribution is 2.32. The van der Waals surface area contributed by atoms with Crippen molar-refractivity contribution in [2.24, 2.45) is 0 Å². The van der Waals surface area contributed by atoms with Gasteiger partial charge in [0.1, 0.15) is 0 Å². The second kappa shape index (κ2) is 5.02. The summed E-state index contributed by atoms with van der Waals surface area (Å²) in [5.74, 6) is 1.30. The number of methoxy groups -OCH3 is 2. The van der Waals surface area contributed by atoms with Gasteiger partial charge in [0.25, 0.3) is 5.56 Å². The van der Waals surface area contributed by atoms with Gasteiger partial charge in [-0.2, -0.15) is 0 Å². The van der Waals surface area contributed by atoms with Crippen LogP contribution >= 0.6 is 11.3 Å². The first kappa shape index (κ1) is 12.7. The van der Waals surface area contributed by atoms with Gasteiger partial charge in [-0.05, 0) is 35.7 Å². The third-order valence-corrected chi connectivity index (χ3v) is 4.02. The number of benzene rings is 1. The van der Waals surface area contributed by atoms with Crippen LogP contribution in [0.15, 0.2) is 40.5 Å². The molecule has 0 saturated carbocycles. The summed E-state index contributed by atoms with van der Waals surface area (Å²) in [7, 11) is 3.18. The molecular formula is C15H13NO3S. The van der Waals surface area contributed by atoms with Crippen molar-refractivity contribution >= 4 is 21.4 Å². The topological polar surface area (TPSA) is 51.3 Å². The number of aromatic amines is 1. The molecule has 20 heavy (non-hydrogen) atoms. The molecule has 2 heterocycles. The highest BCUT2D eigenvalue weighted by atomic mass is 32.1. The number of H-pyrrole nitrogens is 1. The first-order valence-electron chi connectivity index (χ1n) is 6.06. The van der Waals surface area contributed by atoms with Crippen molar-refractivity contribution in [2.45, 2.75) is 0 Å². The predicted molar refractivity (Wildman–Crippen MR) is 81.0 cm³/mol. The van der Waals surface area contributed by atoms with E-state index in [4.69, 9.17) is 9.47 Å². The number of nitrogens with one attached hydrogen (secondary N) is 1. The zero-order valence-corrected chi connectivity index (χ0v) is 11.9. The molecule has 1 aromatic carbocycles. The highest BCUT2D eigenvalue weighted by molar-refractivity contribution is 7.17. The molecule has 0 spiro atoms. The molecule has 0 saturated heterocycles. The molecule has 0 aliphatic carbocycles. The molecule has 0 aliphatic heterocycles. The minimum atomic E-state index is -0.0754. The molecule has 0 unspecified atom stereocenters. The Morgan fingerprint density at radius 2 is 1.85 bits per heavy atom.